The van der Waals surface area contributed by atoms with Gasteiger partial charge >= 0.3 is 0 Å². The highest BCUT2D eigenvalue weighted by Gasteiger charge is 2.12. The van der Waals surface area contributed by atoms with Gasteiger partial charge in [-0.1, -0.05) is 84.9 Å². The van der Waals surface area contributed by atoms with Crippen LogP contribution in [0, 0.1) is 0 Å². The smallest absolute Gasteiger partial charge is 0.193 e. The summed E-state index contributed by atoms with van der Waals surface area (Å²) in [6.07, 6.45) is 0. The Labute approximate surface area is 157 Å². The number of hydrogen-bond donors (Lipinski definition) is 0. The van der Waals surface area contributed by atoms with Gasteiger partial charge in [-0.3, -0.25) is 4.79 Å². The van der Waals surface area contributed by atoms with Gasteiger partial charge in [-0.2, -0.15) is 0 Å². The van der Waals surface area contributed by atoms with Crippen molar-refractivity contribution in [2.45, 2.75) is 10.6 Å². The van der Waals surface area contributed by atoms with Crippen molar-refractivity contribution in [2.75, 3.05) is 0 Å². The first-order valence-corrected chi connectivity index (χ1v) is 9.59. The first kappa shape index (κ1) is 16.6. The van der Waals surface area contributed by atoms with E-state index in [1.54, 1.807) is 11.8 Å². The summed E-state index contributed by atoms with van der Waals surface area (Å²) in [5, 5.41) is 2.10. The van der Waals surface area contributed by atoms with E-state index in [1.165, 1.54) is 10.5 Å². The Balaban J connectivity index is 1.53. The molecule has 0 unspecified atom stereocenters. The number of fused-ring (bicyclic) bond motifs is 1. The Morgan fingerprint density at radius 2 is 1.38 bits per heavy atom. The zero-order chi connectivity index (χ0) is 17.8. The first-order chi connectivity index (χ1) is 12.8. The summed E-state index contributed by atoms with van der Waals surface area (Å²) in [6, 6.07) is 32.2. The van der Waals surface area contributed by atoms with Crippen molar-refractivity contribution < 1.29 is 4.79 Å². The van der Waals surface area contributed by atoms with Gasteiger partial charge in [0.15, 0.2) is 5.78 Å². The van der Waals surface area contributed by atoms with Gasteiger partial charge in [-0.05, 0) is 28.5 Å². The number of thioether (sulfide) groups is 1. The minimum absolute atomic E-state index is 0.0732. The lowest BCUT2D eigenvalue weighted by Gasteiger charge is -2.07. The van der Waals surface area contributed by atoms with Crippen LogP contribution in [0.2, 0.25) is 0 Å². The molecule has 0 fully saturated rings. The third-order valence-corrected chi connectivity index (χ3v) is 5.48. The van der Waals surface area contributed by atoms with Crippen LogP contribution in [0.3, 0.4) is 0 Å². The van der Waals surface area contributed by atoms with Crippen LogP contribution in [0.4, 0.5) is 0 Å². The molecule has 4 aromatic rings. The second-order valence-electron chi connectivity index (χ2n) is 6.15. The van der Waals surface area contributed by atoms with Crippen molar-refractivity contribution in [3.05, 3.63) is 114 Å². The van der Waals surface area contributed by atoms with Gasteiger partial charge in [-0.15, -0.1) is 11.8 Å². The molecule has 0 radical (unpaired) electrons. The molecule has 0 heterocycles. The summed E-state index contributed by atoms with van der Waals surface area (Å²) in [4.78, 5) is 14.2. The normalized spacial score (nSPS) is 10.8. The van der Waals surface area contributed by atoms with Gasteiger partial charge in [-0.25, -0.2) is 0 Å². The highest BCUT2D eigenvalue weighted by Crippen LogP contribution is 2.24. The standard InChI is InChI=1S/C24H18OS/c25-24(23-12-6-8-19-7-4-5-11-22(19)23)20-15-13-18(14-16-20)17-26-21-9-2-1-3-10-21/h1-16H,17H2. The maximum Gasteiger partial charge on any atom is 0.193 e. The van der Waals surface area contributed by atoms with Gasteiger partial charge in [0.25, 0.3) is 0 Å². The van der Waals surface area contributed by atoms with E-state index >= 15 is 0 Å². The third kappa shape index (κ3) is 3.56. The SMILES string of the molecule is O=C(c1ccc(CSc2ccccc2)cc1)c1cccc2ccccc12. The third-order valence-electron chi connectivity index (χ3n) is 4.40. The average molecular weight is 354 g/mol. The molecule has 0 aliphatic rings. The van der Waals surface area contributed by atoms with Crippen molar-refractivity contribution in [3.63, 3.8) is 0 Å². The molecule has 0 saturated heterocycles. The molecule has 0 amide bonds. The summed E-state index contributed by atoms with van der Waals surface area (Å²) in [5.41, 5.74) is 2.71. The lowest BCUT2D eigenvalue weighted by molar-refractivity contribution is 0.104. The molecule has 26 heavy (non-hydrogen) atoms. The molecule has 4 aromatic carbocycles. The first-order valence-electron chi connectivity index (χ1n) is 8.60. The number of ketones is 1. The molecule has 0 bridgehead atoms. The summed E-state index contributed by atoms with van der Waals surface area (Å²) < 4.78 is 0. The molecular weight excluding hydrogens is 336 g/mol. The molecule has 0 atom stereocenters. The van der Waals surface area contributed by atoms with Crippen LogP contribution in [0.1, 0.15) is 21.5 Å². The van der Waals surface area contributed by atoms with E-state index in [0.717, 1.165) is 27.7 Å². The molecule has 2 heteroatoms. The quantitative estimate of drug-likeness (QED) is 0.306. The fourth-order valence-corrected chi connectivity index (χ4v) is 3.89. The van der Waals surface area contributed by atoms with E-state index in [1.807, 2.05) is 84.9 Å². The molecule has 0 aromatic heterocycles. The molecular formula is C24H18OS. The highest BCUT2D eigenvalue weighted by molar-refractivity contribution is 7.98. The predicted molar refractivity (Wildman–Crippen MR) is 110 cm³/mol. The van der Waals surface area contributed by atoms with Crippen LogP contribution in [0.25, 0.3) is 10.8 Å². The van der Waals surface area contributed by atoms with Crippen LogP contribution in [-0.2, 0) is 5.75 Å². The number of benzene rings is 4. The zero-order valence-corrected chi connectivity index (χ0v) is 15.1. The van der Waals surface area contributed by atoms with Crippen molar-refractivity contribution in [2.24, 2.45) is 0 Å². The molecule has 0 N–H and O–H groups in total. The topological polar surface area (TPSA) is 17.1 Å². The molecule has 0 spiro atoms. The monoisotopic (exact) mass is 354 g/mol. The number of hydrogen-bond acceptors (Lipinski definition) is 2. The lowest BCUT2D eigenvalue weighted by Crippen LogP contribution is -2.02. The number of carbonyl (C=O) groups excluding carboxylic acids is 1. The fourth-order valence-electron chi connectivity index (χ4n) is 3.01. The Hall–Kier alpha value is -2.84. The van der Waals surface area contributed by atoms with E-state index in [2.05, 4.69) is 12.1 Å². The molecule has 0 saturated carbocycles. The number of carbonyl (C=O) groups is 1. The van der Waals surface area contributed by atoms with E-state index in [4.69, 9.17) is 0 Å². The van der Waals surface area contributed by atoms with Crippen molar-refractivity contribution in [3.8, 4) is 0 Å². The molecule has 0 aliphatic heterocycles. The minimum atomic E-state index is 0.0732. The van der Waals surface area contributed by atoms with E-state index in [9.17, 15) is 4.79 Å². The maximum absolute atomic E-state index is 12.9. The van der Waals surface area contributed by atoms with E-state index in [0.29, 0.717) is 0 Å². The van der Waals surface area contributed by atoms with Crippen LogP contribution >= 0.6 is 11.8 Å². The van der Waals surface area contributed by atoms with Gasteiger partial charge in [0.1, 0.15) is 0 Å². The summed E-state index contributed by atoms with van der Waals surface area (Å²) in [6.45, 7) is 0. The highest BCUT2D eigenvalue weighted by atomic mass is 32.2. The summed E-state index contributed by atoms with van der Waals surface area (Å²) in [5.74, 6) is 0.969. The average Bonchev–Trinajstić information content (AvgIpc) is 2.72. The van der Waals surface area contributed by atoms with Gasteiger partial charge in [0.05, 0.1) is 0 Å². The second-order valence-corrected chi connectivity index (χ2v) is 7.20. The molecule has 4 rings (SSSR count). The maximum atomic E-state index is 12.9. The Morgan fingerprint density at radius 3 is 2.19 bits per heavy atom. The van der Waals surface area contributed by atoms with E-state index < -0.39 is 0 Å². The van der Waals surface area contributed by atoms with Crippen molar-refractivity contribution in [1.29, 1.82) is 0 Å². The van der Waals surface area contributed by atoms with Crippen molar-refractivity contribution >= 4 is 28.3 Å². The van der Waals surface area contributed by atoms with Crippen molar-refractivity contribution in [1.82, 2.24) is 0 Å². The summed E-state index contributed by atoms with van der Waals surface area (Å²) in [7, 11) is 0. The van der Waals surface area contributed by atoms with Gasteiger partial charge < -0.3 is 0 Å². The largest absolute Gasteiger partial charge is 0.289 e. The minimum Gasteiger partial charge on any atom is -0.289 e. The molecule has 126 valence electrons. The summed E-state index contributed by atoms with van der Waals surface area (Å²) >= 11 is 1.80. The number of rotatable bonds is 5. The fraction of sp³-hybridized carbons (Fsp3) is 0.0417. The molecule has 1 nitrogen and oxygen atoms in total. The Kier molecular flexibility index (Phi) is 4.85. The predicted octanol–water partition coefficient (Wildman–Crippen LogP) is 6.36. The Morgan fingerprint density at radius 1 is 0.692 bits per heavy atom. The zero-order valence-electron chi connectivity index (χ0n) is 14.3. The van der Waals surface area contributed by atoms with E-state index in [-0.39, 0.29) is 5.78 Å². The lowest BCUT2D eigenvalue weighted by atomic mass is 9.97. The van der Waals surface area contributed by atoms with Gasteiger partial charge in [0.2, 0.25) is 0 Å². The van der Waals surface area contributed by atoms with Gasteiger partial charge in [0, 0.05) is 21.8 Å². The van der Waals surface area contributed by atoms with Crippen LogP contribution in [-0.4, -0.2) is 5.78 Å². The molecule has 0 aliphatic carbocycles. The van der Waals surface area contributed by atoms with Crippen LogP contribution < -0.4 is 0 Å². The second kappa shape index (κ2) is 7.59. The Bertz CT molecular complexity index is 1030. The van der Waals surface area contributed by atoms with Crippen LogP contribution in [0.15, 0.2) is 102 Å². The van der Waals surface area contributed by atoms with Crippen LogP contribution in [0.5, 0.6) is 0 Å².